The topological polar surface area (TPSA) is 61.4 Å². The molecule has 0 atom stereocenters. The molecule has 1 fully saturated rings. The third kappa shape index (κ3) is 6.17. The lowest BCUT2D eigenvalue weighted by Gasteiger charge is -2.16. The van der Waals surface area contributed by atoms with Crippen molar-refractivity contribution in [2.75, 3.05) is 13.1 Å². The van der Waals surface area contributed by atoms with Gasteiger partial charge in [-0.2, -0.15) is 0 Å². The van der Waals surface area contributed by atoms with E-state index in [9.17, 15) is 9.90 Å². The van der Waals surface area contributed by atoms with Crippen molar-refractivity contribution < 1.29 is 9.90 Å². The zero-order valence-corrected chi connectivity index (χ0v) is 12.6. The summed E-state index contributed by atoms with van der Waals surface area (Å²) in [6.45, 7) is 1.49. The Balaban J connectivity index is 1.60. The molecule has 0 saturated heterocycles. The van der Waals surface area contributed by atoms with Crippen molar-refractivity contribution in [2.45, 2.75) is 51.0 Å². The highest BCUT2D eigenvalue weighted by Gasteiger charge is 2.11. The molecule has 1 aliphatic rings. The highest BCUT2D eigenvalue weighted by Crippen LogP contribution is 2.16. The van der Waals surface area contributed by atoms with Crippen molar-refractivity contribution in [1.82, 2.24) is 10.6 Å². The first-order valence-corrected chi connectivity index (χ1v) is 8.02. The molecule has 1 aliphatic carbocycles. The molecule has 21 heavy (non-hydrogen) atoms. The van der Waals surface area contributed by atoms with E-state index in [0.717, 1.165) is 12.1 Å². The molecule has 3 N–H and O–H groups in total. The van der Waals surface area contributed by atoms with E-state index in [-0.39, 0.29) is 11.7 Å². The van der Waals surface area contributed by atoms with Crippen LogP contribution in [-0.2, 0) is 11.2 Å². The lowest BCUT2D eigenvalue weighted by Crippen LogP contribution is -2.37. The average Bonchev–Trinajstić information content (AvgIpc) is 2.72. The Labute approximate surface area is 126 Å². The van der Waals surface area contributed by atoms with Gasteiger partial charge in [0.1, 0.15) is 5.75 Å². The van der Waals surface area contributed by atoms with Crippen molar-refractivity contribution in [3.8, 4) is 5.75 Å². The molecule has 1 amide bonds. The van der Waals surface area contributed by atoms with Gasteiger partial charge >= 0.3 is 0 Å². The summed E-state index contributed by atoms with van der Waals surface area (Å²) >= 11 is 0. The van der Waals surface area contributed by atoms with Crippen LogP contribution in [0.15, 0.2) is 24.3 Å². The minimum Gasteiger partial charge on any atom is -0.508 e. The zero-order valence-electron chi connectivity index (χ0n) is 12.6. The second kappa shape index (κ2) is 8.67. The molecule has 4 heteroatoms. The number of amides is 1. The standard InChI is InChI=1S/C17H26N2O2/c20-16-9-5-6-14(12-16)13-17(21)19-11-10-18-15-7-3-1-2-4-8-15/h5-6,9,12,15,18,20H,1-4,7-8,10-11,13H2,(H,19,21). The summed E-state index contributed by atoms with van der Waals surface area (Å²) in [7, 11) is 0. The number of carbonyl (C=O) groups is 1. The van der Waals surface area contributed by atoms with Crippen molar-refractivity contribution in [3.63, 3.8) is 0 Å². The third-order valence-corrected chi connectivity index (χ3v) is 4.01. The van der Waals surface area contributed by atoms with Gasteiger partial charge in [-0.25, -0.2) is 0 Å². The van der Waals surface area contributed by atoms with E-state index in [2.05, 4.69) is 10.6 Å². The Bertz CT molecular complexity index is 440. The Morgan fingerprint density at radius 3 is 2.62 bits per heavy atom. The van der Waals surface area contributed by atoms with E-state index >= 15 is 0 Å². The van der Waals surface area contributed by atoms with Crippen LogP contribution >= 0.6 is 0 Å². The van der Waals surface area contributed by atoms with Crippen LogP contribution in [0.3, 0.4) is 0 Å². The SMILES string of the molecule is O=C(Cc1cccc(O)c1)NCCNC1CCCCCC1. The summed E-state index contributed by atoms with van der Waals surface area (Å²) in [6.07, 6.45) is 8.20. The summed E-state index contributed by atoms with van der Waals surface area (Å²) in [5.74, 6) is 0.207. The largest absolute Gasteiger partial charge is 0.508 e. The van der Waals surface area contributed by atoms with Gasteiger partial charge in [0.2, 0.25) is 5.91 Å². The van der Waals surface area contributed by atoms with Gasteiger partial charge in [-0.05, 0) is 30.5 Å². The Morgan fingerprint density at radius 1 is 1.14 bits per heavy atom. The molecule has 1 saturated carbocycles. The number of rotatable bonds is 6. The molecular formula is C17H26N2O2. The maximum atomic E-state index is 11.8. The molecule has 0 aromatic heterocycles. The maximum Gasteiger partial charge on any atom is 0.224 e. The van der Waals surface area contributed by atoms with Crippen LogP contribution in [0.5, 0.6) is 5.75 Å². The van der Waals surface area contributed by atoms with Crippen molar-refractivity contribution in [1.29, 1.82) is 0 Å². The Kier molecular flexibility index (Phi) is 6.54. The fourth-order valence-corrected chi connectivity index (χ4v) is 2.88. The second-order valence-corrected chi connectivity index (χ2v) is 5.84. The first kappa shape index (κ1) is 15.8. The molecule has 4 nitrogen and oxygen atoms in total. The average molecular weight is 290 g/mol. The predicted molar refractivity (Wildman–Crippen MR) is 84.3 cm³/mol. The molecule has 0 aliphatic heterocycles. The highest BCUT2D eigenvalue weighted by molar-refractivity contribution is 5.78. The fourth-order valence-electron chi connectivity index (χ4n) is 2.88. The van der Waals surface area contributed by atoms with Gasteiger partial charge < -0.3 is 15.7 Å². The van der Waals surface area contributed by atoms with Crippen LogP contribution in [0.25, 0.3) is 0 Å². The van der Waals surface area contributed by atoms with Crippen LogP contribution in [0, 0.1) is 0 Å². The monoisotopic (exact) mass is 290 g/mol. The van der Waals surface area contributed by atoms with Crippen LogP contribution in [0.4, 0.5) is 0 Å². The van der Waals surface area contributed by atoms with Crippen LogP contribution in [-0.4, -0.2) is 30.1 Å². The first-order valence-electron chi connectivity index (χ1n) is 8.02. The molecule has 0 heterocycles. The van der Waals surface area contributed by atoms with Gasteiger partial charge in [0.15, 0.2) is 0 Å². The van der Waals surface area contributed by atoms with Gasteiger partial charge in [-0.1, -0.05) is 37.8 Å². The number of phenols is 1. The molecule has 0 bridgehead atoms. The highest BCUT2D eigenvalue weighted by atomic mass is 16.3. The number of carbonyl (C=O) groups excluding carboxylic acids is 1. The van der Waals surface area contributed by atoms with E-state index in [4.69, 9.17) is 0 Å². The molecule has 1 aromatic rings. The lowest BCUT2D eigenvalue weighted by atomic mass is 10.1. The Hall–Kier alpha value is -1.55. The predicted octanol–water partition coefficient (Wildman–Crippen LogP) is 2.36. The second-order valence-electron chi connectivity index (χ2n) is 5.84. The summed E-state index contributed by atoms with van der Waals surface area (Å²) in [6, 6.07) is 7.46. The molecule has 1 aromatic carbocycles. The van der Waals surface area contributed by atoms with E-state index in [1.807, 2.05) is 6.07 Å². The molecule has 0 unspecified atom stereocenters. The lowest BCUT2D eigenvalue weighted by molar-refractivity contribution is -0.120. The first-order chi connectivity index (χ1) is 10.2. The van der Waals surface area contributed by atoms with Crippen LogP contribution < -0.4 is 10.6 Å². The third-order valence-electron chi connectivity index (χ3n) is 4.01. The van der Waals surface area contributed by atoms with Crippen molar-refractivity contribution in [3.05, 3.63) is 29.8 Å². The van der Waals surface area contributed by atoms with Gasteiger partial charge in [0.25, 0.3) is 0 Å². The van der Waals surface area contributed by atoms with Crippen molar-refractivity contribution in [2.24, 2.45) is 0 Å². The number of phenolic OH excluding ortho intramolecular Hbond substituents is 1. The van der Waals surface area contributed by atoms with Crippen molar-refractivity contribution >= 4 is 5.91 Å². The number of hydrogen-bond donors (Lipinski definition) is 3. The van der Waals surface area contributed by atoms with E-state index in [1.54, 1.807) is 18.2 Å². The quantitative estimate of drug-likeness (QED) is 0.557. The summed E-state index contributed by atoms with van der Waals surface area (Å²) < 4.78 is 0. The molecule has 0 spiro atoms. The van der Waals surface area contributed by atoms with Gasteiger partial charge in [-0.3, -0.25) is 4.79 Å². The van der Waals surface area contributed by atoms with Crippen LogP contribution in [0.2, 0.25) is 0 Å². The normalized spacial score (nSPS) is 16.4. The van der Waals surface area contributed by atoms with Gasteiger partial charge in [0, 0.05) is 19.1 Å². The summed E-state index contributed by atoms with van der Waals surface area (Å²) in [5, 5.41) is 15.8. The van der Waals surface area contributed by atoms with Crippen LogP contribution in [0.1, 0.15) is 44.1 Å². The fraction of sp³-hybridized carbons (Fsp3) is 0.588. The minimum atomic E-state index is 0.00302. The summed E-state index contributed by atoms with van der Waals surface area (Å²) in [5.41, 5.74) is 0.837. The van der Waals surface area contributed by atoms with E-state index in [1.165, 1.54) is 38.5 Å². The number of benzene rings is 1. The van der Waals surface area contributed by atoms with Gasteiger partial charge in [0.05, 0.1) is 6.42 Å². The zero-order chi connectivity index (χ0) is 14.9. The molecule has 0 radical (unpaired) electrons. The Morgan fingerprint density at radius 2 is 1.90 bits per heavy atom. The smallest absolute Gasteiger partial charge is 0.224 e. The molecular weight excluding hydrogens is 264 g/mol. The minimum absolute atomic E-state index is 0.00302. The van der Waals surface area contributed by atoms with E-state index < -0.39 is 0 Å². The number of nitrogens with one attached hydrogen (secondary N) is 2. The van der Waals surface area contributed by atoms with Gasteiger partial charge in [-0.15, -0.1) is 0 Å². The van der Waals surface area contributed by atoms with E-state index in [0.29, 0.717) is 19.0 Å². The number of aromatic hydroxyl groups is 1. The number of hydrogen-bond acceptors (Lipinski definition) is 3. The maximum absolute atomic E-state index is 11.8. The summed E-state index contributed by atoms with van der Waals surface area (Å²) in [4.78, 5) is 11.8. The molecule has 2 rings (SSSR count). The molecule has 116 valence electrons.